The zero-order valence-electron chi connectivity index (χ0n) is 27.1. The maximum atomic E-state index is 13.7. The van der Waals surface area contributed by atoms with Crippen LogP contribution in [0.3, 0.4) is 0 Å². The molecule has 0 aliphatic heterocycles. The van der Waals surface area contributed by atoms with Gasteiger partial charge in [-0.15, -0.1) is 0 Å². The van der Waals surface area contributed by atoms with E-state index in [1.54, 1.807) is 6.07 Å². The lowest BCUT2D eigenvalue weighted by atomic mass is 9.79. The molecule has 5 rings (SSSR count). The second-order valence-corrected chi connectivity index (χ2v) is 18.3. The largest absolute Gasteiger partial charge is 0.506 e. The van der Waals surface area contributed by atoms with E-state index in [1.807, 2.05) is 79.7 Å². The number of aromatic hydroxyl groups is 1. The molecule has 4 aromatic carbocycles. The number of ether oxygens (including phenoxy) is 4. The van der Waals surface area contributed by atoms with Gasteiger partial charge in [0, 0.05) is 18.9 Å². The lowest BCUT2D eigenvalue weighted by molar-refractivity contribution is 0.00171. The number of rotatable bonds is 12. The molecule has 4 aromatic rings. The number of carbonyl (C=O) groups is 1. The fraction of sp³-hybridized carbons (Fsp3) is 0.378. The number of benzene rings is 4. The Morgan fingerprint density at radius 1 is 0.822 bits per heavy atom. The topological polar surface area (TPSA) is 83.5 Å². The number of fused-ring (bicyclic) bond motifs is 2. The maximum Gasteiger partial charge on any atom is 0.192 e. The van der Waals surface area contributed by atoms with Gasteiger partial charge in [0.25, 0.3) is 0 Å². The molecular weight excluding hydrogens is 584 g/mol. The Balaban J connectivity index is 1.43. The van der Waals surface area contributed by atoms with Gasteiger partial charge < -0.3 is 28.5 Å². The fourth-order valence-electron chi connectivity index (χ4n) is 5.58. The van der Waals surface area contributed by atoms with Crippen LogP contribution in [0.15, 0.2) is 78.9 Å². The number of ketones is 1. The van der Waals surface area contributed by atoms with Crippen LogP contribution in [0.5, 0.6) is 17.2 Å². The van der Waals surface area contributed by atoms with Crippen molar-refractivity contribution in [3.8, 4) is 17.2 Å². The first kappa shape index (κ1) is 32.7. The molecule has 0 spiro atoms. The minimum atomic E-state index is -2.17. The third kappa shape index (κ3) is 7.76. The number of phenols is 1. The molecule has 0 amide bonds. The number of Topliss-reactive ketones (excluding diaryl/α,β-unsaturated/α-hetero) is 1. The van der Waals surface area contributed by atoms with Crippen molar-refractivity contribution < 1.29 is 33.3 Å². The third-order valence-electron chi connectivity index (χ3n) is 8.75. The van der Waals surface area contributed by atoms with E-state index in [2.05, 4.69) is 33.9 Å². The molecule has 238 valence electrons. The molecule has 45 heavy (non-hydrogen) atoms. The first-order valence-corrected chi connectivity index (χ1v) is 18.3. The molecule has 0 unspecified atom stereocenters. The van der Waals surface area contributed by atoms with Crippen LogP contribution in [-0.4, -0.2) is 38.4 Å². The minimum absolute atomic E-state index is 0.00545. The van der Waals surface area contributed by atoms with Crippen LogP contribution >= 0.6 is 0 Å². The van der Waals surface area contributed by atoms with Crippen molar-refractivity contribution in [2.45, 2.75) is 77.5 Å². The highest BCUT2D eigenvalue weighted by Gasteiger charge is 2.46. The maximum absolute atomic E-state index is 13.7. The van der Waals surface area contributed by atoms with Gasteiger partial charge in [0.1, 0.15) is 17.2 Å². The van der Waals surface area contributed by atoms with Crippen LogP contribution < -0.4 is 9.47 Å². The Morgan fingerprint density at radius 3 is 1.98 bits per heavy atom. The van der Waals surface area contributed by atoms with Crippen molar-refractivity contribution in [1.29, 1.82) is 0 Å². The van der Waals surface area contributed by atoms with Crippen molar-refractivity contribution in [3.05, 3.63) is 101 Å². The lowest BCUT2D eigenvalue weighted by Gasteiger charge is -2.45. The van der Waals surface area contributed by atoms with Crippen molar-refractivity contribution in [1.82, 2.24) is 0 Å². The summed E-state index contributed by atoms with van der Waals surface area (Å²) in [4.78, 5) is 13.7. The van der Waals surface area contributed by atoms with E-state index in [4.69, 9.17) is 23.4 Å². The molecule has 1 aliphatic rings. The number of hydrogen-bond acceptors (Lipinski definition) is 7. The predicted octanol–water partition coefficient (Wildman–Crippen LogP) is 8.56. The molecule has 0 radical (unpaired) electrons. The number of carbonyl (C=O) groups excluding carboxylic acids is 1. The number of hydrogen-bond donors (Lipinski definition) is 1. The third-order valence-corrected chi connectivity index (χ3v) is 13.4. The standard InChI is InChI=1S/C37H44O7Si/c1-36(2,3)45(5,6)44-37(4)20-29-17-28-18-30(42-24-40-22-26-13-9-7-10-14-26)19-32(34(28)35(39)33(29)31(38)21-37)43-25-41-23-27-15-11-8-12-16-27/h7-19,39H,20-25H2,1-6H3/t37-/m0/s1. The summed E-state index contributed by atoms with van der Waals surface area (Å²) in [6.07, 6.45) is 0.702. The first-order valence-electron chi connectivity index (χ1n) is 15.4. The van der Waals surface area contributed by atoms with Crippen LogP contribution in [-0.2, 0) is 33.5 Å². The Labute approximate surface area is 267 Å². The fourth-order valence-corrected chi connectivity index (χ4v) is 7.26. The van der Waals surface area contributed by atoms with Crippen LogP contribution in [0.25, 0.3) is 10.8 Å². The summed E-state index contributed by atoms with van der Waals surface area (Å²) in [5, 5.41) is 12.7. The predicted molar refractivity (Wildman–Crippen MR) is 178 cm³/mol. The molecular formula is C37H44O7Si. The first-order chi connectivity index (χ1) is 21.4. The van der Waals surface area contributed by atoms with E-state index in [-0.39, 0.29) is 36.6 Å². The molecule has 1 aliphatic carbocycles. The lowest BCUT2D eigenvalue weighted by Crippen LogP contribution is -2.51. The number of phenolic OH excluding ortho intramolecular Hbond substituents is 1. The quantitative estimate of drug-likeness (QED) is 0.0956. The highest BCUT2D eigenvalue weighted by Crippen LogP contribution is 2.47. The van der Waals surface area contributed by atoms with Gasteiger partial charge >= 0.3 is 0 Å². The molecule has 7 nitrogen and oxygen atoms in total. The summed E-state index contributed by atoms with van der Waals surface area (Å²) < 4.78 is 30.4. The van der Waals surface area contributed by atoms with E-state index in [0.717, 1.165) is 16.7 Å². The average molecular weight is 629 g/mol. The Hall–Kier alpha value is -3.69. The van der Waals surface area contributed by atoms with Crippen molar-refractivity contribution in [3.63, 3.8) is 0 Å². The molecule has 0 saturated carbocycles. The van der Waals surface area contributed by atoms with E-state index < -0.39 is 13.9 Å². The summed E-state index contributed by atoms with van der Waals surface area (Å²) in [6.45, 7) is 13.7. The molecule has 0 bridgehead atoms. The van der Waals surface area contributed by atoms with Gasteiger partial charge in [0.2, 0.25) is 0 Å². The highest BCUT2D eigenvalue weighted by atomic mass is 28.4. The van der Waals surface area contributed by atoms with E-state index in [1.165, 1.54) is 0 Å². The molecule has 1 N–H and O–H groups in total. The Morgan fingerprint density at radius 2 is 1.40 bits per heavy atom. The van der Waals surface area contributed by atoms with E-state index in [9.17, 15) is 9.90 Å². The smallest absolute Gasteiger partial charge is 0.192 e. The summed E-state index contributed by atoms with van der Waals surface area (Å²) >= 11 is 0. The normalized spacial score (nSPS) is 16.9. The van der Waals surface area contributed by atoms with Crippen LogP contribution in [0.4, 0.5) is 0 Å². The van der Waals surface area contributed by atoms with Gasteiger partial charge in [-0.25, -0.2) is 0 Å². The van der Waals surface area contributed by atoms with Gasteiger partial charge in [-0.2, -0.15) is 0 Å². The van der Waals surface area contributed by atoms with Crippen molar-refractivity contribution >= 4 is 24.9 Å². The van der Waals surface area contributed by atoms with Gasteiger partial charge in [-0.1, -0.05) is 81.4 Å². The molecule has 0 fully saturated rings. The molecule has 8 heteroatoms. The van der Waals surface area contributed by atoms with Crippen LogP contribution in [0.1, 0.15) is 61.2 Å². The minimum Gasteiger partial charge on any atom is -0.506 e. The van der Waals surface area contributed by atoms with Gasteiger partial charge in [-0.3, -0.25) is 4.79 Å². The van der Waals surface area contributed by atoms with Gasteiger partial charge in [0.05, 0.1) is 29.8 Å². The summed E-state index contributed by atoms with van der Waals surface area (Å²) in [5.41, 5.74) is 2.47. The Bertz CT molecular complexity index is 1630. The average Bonchev–Trinajstić information content (AvgIpc) is 2.97. The SMILES string of the molecule is CC(C)(C)[Si](C)(C)O[C@]1(C)CC(=O)c2c(cc3cc(OCOCc4ccccc4)cc(OCOCc4ccccc4)c3c2O)C1. The van der Waals surface area contributed by atoms with E-state index >= 15 is 0 Å². The molecule has 0 heterocycles. The van der Waals surface area contributed by atoms with Crippen molar-refractivity contribution in [2.75, 3.05) is 13.6 Å². The van der Waals surface area contributed by atoms with E-state index in [0.29, 0.717) is 47.5 Å². The molecule has 0 saturated heterocycles. The summed E-state index contributed by atoms with van der Waals surface area (Å²) in [7, 11) is -2.17. The van der Waals surface area contributed by atoms with Crippen LogP contribution in [0.2, 0.25) is 18.1 Å². The van der Waals surface area contributed by atoms with Gasteiger partial charge in [-0.05, 0) is 59.3 Å². The second-order valence-electron chi connectivity index (χ2n) is 13.6. The highest BCUT2D eigenvalue weighted by molar-refractivity contribution is 6.74. The monoisotopic (exact) mass is 628 g/mol. The zero-order chi connectivity index (χ0) is 32.2. The molecule has 1 atom stereocenters. The van der Waals surface area contributed by atoms with Crippen molar-refractivity contribution in [2.24, 2.45) is 0 Å². The van der Waals surface area contributed by atoms with Gasteiger partial charge in [0.15, 0.2) is 27.7 Å². The summed E-state index contributed by atoms with van der Waals surface area (Å²) in [5.74, 6) is 0.637. The molecule has 0 aromatic heterocycles. The Kier molecular flexibility index (Phi) is 9.70. The zero-order valence-corrected chi connectivity index (χ0v) is 28.1. The second kappa shape index (κ2) is 13.3. The van der Waals surface area contributed by atoms with Crippen LogP contribution in [0, 0.1) is 0 Å². The summed E-state index contributed by atoms with van der Waals surface area (Å²) in [6, 6.07) is 25.2.